The van der Waals surface area contributed by atoms with Crippen LogP contribution in [0.2, 0.25) is 0 Å². The van der Waals surface area contributed by atoms with E-state index in [0.29, 0.717) is 0 Å². The highest BCUT2D eigenvalue weighted by Crippen LogP contribution is 2.23. The number of hydrogen-bond donors (Lipinski definition) is 1. The van der Waals surface area contributed by atoms with E-state index in [-0.39, 0.29) is 5.41 Å². The van der Waals surface area contributed by atoms with Crippen molar-refractivity contribution in [3.63, 3.8) is 0 Å². The zero-order valence-electron chi connectivity index (χ0n) is 15.0. The van der Waals surface area contributed by atoms with Crippen molar-refractivity contribution in [1.29, 1.82) is 0 Å². The maximum absolute atomic E-state index is 3.60. The van der Waals surface area contributed by atoms with E-state index in [1.165, 1.54) is 30.4 Å². The zero-order valence-corrected chi connectivity index (χ0v) is 15.0. The van der Waals surface area contributed by atoms with Gasteiger partial charge in [-0.3, -0.25) is 0 Å². The first-order valence-corrected chi connectivity index (χ1v) is 8.63. The molecule has 1 nitrogen and oxygen atoms in total. The normalized spacial score (nSPS) is 13.7. The molecule has 1 N–H and O–H groups in total. The Balaban J connectivity index is 2.64. The van der Waals surface area contributed by atoms with Crippen molar-refractivity contribution in [3.05, 3.63) is 35.4 Å². The van der Waals surface area contributed by atoms with Crippen molar-refractivity contribution in [2.24, 2.45) is 11.8 Å². The monoisotopic (exact) mass is 289 g/mol. The molecule has 0 aromatic heterocycles. The van der Waals surface area contributed by atoms with E-state index in [1.54, 1.807) is 0 Å². The first-order chi connectivity index (χ1) is 9.82. The highest BCUT2D eigenvalue weighted by molar-refractivity contribution is 5.27. The molecule has 0 bridgehead atoms. The minimum Gasteiger partial charge on any atom is -0.316 e. The highest BCUT2D eigenvalue weighted by Gasteiger charge is 2.15. The molecule has 1 unspecified atom stereocenters. The van der Waals surface area contributed by atoms with Gasteiger partial charge in [-0.25, -0.2) is 0 Å². The fourth-order valence-corrected chi connectivity index (χ4v) is 2.86. The van der Waals surface area contributed by atoms with Crippen molar-refractivity contribution < 1.29 is 0 Å². The van der Waals surface area contributed by atoms with Crippen molar-refractivity contribution in [2.75, 3.05) is 13.1 Å². The summed E-state index contributed by atoms with van der Waals surface area (Å²) in [6, 6.07) is 9.27. The van der Waals surface area contributed by atoms with Crippen LogP contribution in [0.25, 0.3) is 0 Å². The van der Waals surface area contributed by atoms with Gasteiger partial charge >= 0.3 is 0 Å². The quantitative estimate of drug-likeness (QED) is 0.649. The first-order valence-electron chi connectivity index (χ1n) is 8.63. The van der Waals surface area contributed by atoms with Gasteiger partial charge in [0.05, 0.1) is 0 Å². The van der Waals surface area contributed by atoms with E-state index in [9.17, 15) is 0 Å². The molecule has 1 atom stereocenters. The smallest absolute Gasteiger partial charge is 0.00172 e. The van der Waals surface area contributed by atoms with Crippen LogP contribution in [0.5, 0.6) is 0 Å². The van der Waals surface area contributed by atoms with E-state index in [0.717, 1.165) is 24.9 Å². The molecule has 1 aromatic carbocycles. The predicted molar refractivity (Wildman–Crippen MR) is 95.0 cm³/mol. The van der Waals surface area contributed by atoms with E-state index in [4.69, 9.17) is 0 Å². The lowest BCUT2D eigenvalue weighted by atomic mass is 9.85. The Kier molecular flexibility index (Phi) is 7.45. The molecule has 0 saturated carbocycles. The molecule has 0 spiro atoms. The second kappa shape index (κ2) is 8.58. The average Bonchev–Trinajstić information content (AvgIpc) is 2.37. The summed E-state index contributed by atoms with van der Waals surface area (Å²) in [6.45, 7) is 16.0. The van der Waals surface area contributed by atoms with E-state index < -0.39 is 0 Å². The maximum Gasteiger partial charge on any atom is -0.00172 e. The third-order valence-corrected chi connectivity index (χ3v) is 4.01. The molecular weight excluding hydrogens is 254 g/mol. The van der Waals surface area contributed by atoms with Crippen LogP contribution in [0.1, 0.15) is 65.5 Å². The number of hydrogen-bond acceptors (Lipinski definition) is 1. The number of rotatable bonds is 8. The van der Waals surface area contributed by atoms with Gasteiger partial charge in [-0.2, -0.15) is 0 Å². The maximum atomic E-state index is 3.60. The molecule has 21 heavy (non-hydrogen) atoms. The van der Waals surface area contributed by atoms with Gasteiger partial charge in [0.15, 0.2) is 0 Å². The molecule has 1 aromatic rings. The van der Waals surface area contributed by atoms with Gasteiger partial charge in [-0.15, -0.1) is 0 Å². The summed E-state index contributed by atoms with van der Waals surface area (Å²) in [4.78, 5) is 0. The fraction of sp³-hybridized carbons (Fsp3) is 0.700. The van der Waals surface area contributed by atoms with Crippen LogP contribution in [-0.2, 0) is 11.8 Å². The molecule has 1 heteroatoms. The van der Waals surface area contributed by atoms with Gasteiger partial charge < -0.3 is 5.32 Å². The molecule has 0 aliphatic carbocycles. The number of benzene rings is 1. The Morgan fingerprint density at radius 2 is 1.67 bits per heavy atom. The minimum absolute atomic E-state index is 0.249. The minimum atomic E-state index is 0.249. The fourth-order valence-electron chi connectivity index (χ4n) is 2.86. The van der Waals surface area contributed by atoms with Crippen molar-refractivity contribution in [1.82, 2.24) is 5.32 Å². The summed E-state index contributed by atoms with van der Waals surface area (Å²) in [5.74, 6) is 1.52. The molecule has 0 radical (unpaired) electrons. The van der Waals surface area contributed by atoms with Crippen molar-refractivity contribution in [3.8, 4) is 0 Å². The van der Waals surface area contributed by atoms with Gasteiger partial charge in [-0.05, 0) is 60.7 Å². The summed E-state index contributed by atoms with van der Waals surface area (Å²) in [5.41, 5.74) is 3.15. The Labute approximate surface area is 132 Å². The molecular formula is C20H35N. The van der Waals surface area contributed by atoms with Crippen LogP contribution >= 0.6 is 0 Å². The second-order valence-corrected chi connectivity index (χ2v) is 7.85. The molecule has 0 saturated heterocycles. The van der Waals surface area contributed by atoms with Gasteiger partial charge in [0.2, 0.25) is 0 Å². The van der Waals surface area contributed by atoms with Crippen molar-refractivity contribution >= 4 is 0 Å². The molecule has 0 amide bonds. The highest BCUT2D eigenvalue weighted by atomic mass is 14.8. The summed E-state index contributed by atoms with van der Waals surface area (Å²) in [5, 5.41) is 3.60. The average molecular weight is 290 g/mol. The van der Waals surface area contributed by atoms with Crippen LogP contribution in [0.4, 0.5) is 0 Å². The predicted octanol–water partition coefficient (Wildman–Crippen LogP) is 5.19. The lowest BCUT2D eigenvalue weighted by molar-refractivity contribution is 0.385. The third-order valence-electron chi connectivity index (χ3n) is 4.01. The lowest BCUT2D eigenvalue weighted by Gasteiger charge is -2.22. The molecule has 0 fully saturated rings. The van der Waals surface area contributed by atoms with Gasteiger partial charge in [-0.1, -0.05) is 65.8 Å². The standard InChI is InChI=1S/C20H35N/c1-7-12-21-15-18(13-16(2)3)14-17-8-10-19(11-9-17)20(4,5)6/h8-11,16,18,21H,7,12-15H2,1-6H3. The molecule has 120 valence electrons. The van der Waals surface area contributed by atoms with Gasteiger partial charge in [0.25, 0.3) is 0 Å². The topological polar surface area (TPSA) is 12.0 Å². The summed E-state index contributed by atoms with van der Waals surface area (Å²) in [6.07, 6.45) is 3.71. The van der Waals surface area contributed by atoms with Crippen LogP contribution in [0, 0.1) is 11.8 Å². The molecule has 1 rings (SSSR count). The SMILES string of the molecule is CCCNCC(Cc1ccc(C(C)(C)C)cc1)CC(C)C. The first kappa shape index (κ1) is 18.2. The van der Waals surface area contributed by atoms with Crippen LogP contribution in [0.15, 0.2) is 24.3 Å². The van der Waals surface area contributed by atoms with Gasteiger partial charge in [0.1, 0.15) is 0 Å². The van der Waals surface area contributed by atoms with Crippen LogP contribution in [0.3, 0.4) is 0 Å². The van der Waals surface area contributed by atoms with E-state index >= 15 is 0 Å². The second-order valence-electron chi connectivity index (χ2n) is 7.85. The lowest BCUT2D eigenvalue weighted by Crippen LogP contribution is -2.26. The summed E-state index contributed by atoms with van der Waals surface area (Å²) < 4.78 is 0. The van der Waals surface area contributed by atoms with Crippen LogP contribution in [-0.4, -0.2) is 13.1 Å². The van der Waals surface area contributed by atoms with Crippen LogP contribution < -0.4 is 5.32 Å². The van der Waals surface area contributed by atoms with E-state index in [2.05, 4.69) is 71.1 Å². The molecule has 0 aliphatic heterocycles. The van der Waals surface area contributed by atoms with Gasteiger partial charge in [0, 0.05) is 0 Å². The molecule has 0 aliphatic rings. The Hall–Kier alpha value is -0.820. The number of nitrogens with one attached hydrogen (secondary N) is 1. The Morgan fingerprint density at radius 3 is 2.14 bits per heavy atom. The van der Waals surface area contributed by atoms with Crippen molar-refractivity contribution in [2.45, 2.75) is 66.2 Å². The Morgan fingerprint density at radius 1 is 1.05 bits per heavy atom. The summed E-state index contributed by atoms with van der Waals surface area (Å²) >= 11 is 0. The summed E-state index contributed by atoms with van der Waals surface area (Å²) in [7, 11) is 0. The zero-order chi connectivity index (χ0) is 15.9. The Bertz CT molecular complexity index is 383. The largest absolute Gasteiger partial charge is 0.316 e. The van der Waals surface area contributed by atoms with E-state index in [1.807, 2.05) is 0 Å². The molecule has 0 heterocycles. The third kappa shape index (κ3) is 7.13.